The maximum atomic E-state index is 13.6. The Morgan fingerprint density at radius 1 is 1.03 bits per heavy atom. The smallest absolute Gasteiger partial charge is 0.280 e. The van der Waals surface area contributed by atoms with Gasteiger partial charge in [0.05, 0.1) is 19.9 Å². The van der Waals surface area contributed by atoms with E-state index in [0.717, 1.165) is 11.3 Å². The zero-order chi connectivity index (χ0) is 24.4. The molecule has 0 atom stereocenters. The third kappa shape index (κ3) is 4.40. The SMILES string of the molecule is COc1cc(OC)cc(C(=O)Nc2c(C(N)=O)sc3nc(C(F)F)cc(-c4ccccc4)c23)c1. The lowest BCUT2D eigenvalue weighted by Gasteiger charge is -2.12. The molecule has 0 fully saturated rings. The summed E-state index contributed by atoms with van der Waals surface area (Å²) in [6, 6.07) is 14.6. The van der Waals surface area contributed by atoms with Crippen LogP contribution in [0, 0.1) is 0 Å². The van der Waals surface area contributed by atoms with Gasteiger partial charge in [0, 0.05) is 17.0 Å². The number of amides is 2. The Morgan fingerprint density at radius 3 is 2.24 bits per heavy atom. The molecular weight excluding hydrogens is 464 g/mol. The number of halogens is 2. The molecule has 0 bridgehead atoms. The Hall–Kier alpha value is -4.05. The molecule has 4 aromatic rings. The highest BCUT2D eigenvalue weighted by Gasteiger charge is 2.25. The first kappa shape index (κ1) is 23.1. The maximum Gasteiger partial charge on any atom is 0.280 e. The normalized spacial score (nSPS) is 11.0. The molecule has 2 heterocycles. The number of anilines is 1. The number of carbonyl (C=O) groups is 2. The highest BCUT2D eigenvalue weighted by Crippen LogP contribution is 2.42. The number of fused-ring (bicyclic) bond motifs is 1. The maximum absolute atomic E-state index is 13.6. The van der Waals surface area contributed by atoms with Gasteiger partial charge in [-0.1, -0.05) is 30.3 Å². The van der Waals surface area contributed by atoms with Crippen LogP contribution in [0.1, 0.15) is 32.1 Å². The number of nitrogens with one attached hydrogen (secondary N) is 1. The molecule has 174 valence electrons. The summed E-state index contributed by atoms with van der Waals surface area (Å²) in [6.07, 6.45) is -2.83. The first-order valence-electron chi connectivity index (χ1n) is 9.97. The average Bonchev–Trinajstić information content (AvgIpc) is 3.22. The van der Waals surface area contributed by atoms with Crippen molar-refractivity contribution in [3.8, 4) is 22.6 Å². The van der Waals surface area contributed by atoms with Crippen molar-refractivity contribution in [3.05, 3.63) is 70.7 Å². The van der Waals surface area contributed by atoms with Crippen molar-refractivity contribution in [1.29, 1.82) is 0 Å². The summed E-state index contributed by atoms with van der Waals surface area (Å²) in [5, 5.41) is 3.07. The van der Waals surface area contributed by atoms with Crippen LogP contribution in [0.4, 0.5) is 14.5 Å². The molecule has 2 amide bonds. The number of pyridine rings is 1. The second-order valence-corrected chi connectivity index (χ2v) is 8.17. The molecule has 0 unspecified atom stereocenters. The minimum Gasteiger partial charge on any atom is -0.497 e. The van der Waals surface area contributed by atoms with Crippen LogP contribution < -0.4 is 20.5 Å². The summed E-state index contributed by atoms with van der Waals surface area (Å²) in [6.45, 7) is 0. The van der Waals surface area contributed by atoms with Crippen LogP contribution in [0.2, 0.25) is 0 Å². The van der Waals surface area contributed by atoms with Crippen molar-refractivity contribution in [3.63, 3.8) is 0 Å². The minimum absolute atomic E-state index is 0.00527. The fourth-order valence-corrected chi connectivity index (χ4v) is 4.51. The van der Waals surface area contributed by atoms with Crippen molar-refractivity contribution >= 4 is 39.1 Å². The lowest BCUT2D eigenvalue weighted by molar-refractivity contribution is 0.100. The average molecular weight is 483 g/mol. The molecule has 0 saturated carbocycles. The number of rotatable bonds is 7. The number of aromatic nitrogens is 1. The Labute approximate surface area is 197 Å². The molecule has 0 aliphatic rings. The predicted molar refractivity (Wildman–Crippen MR) is 126 cm³/mol. The largest absolute Gasteiger partial charge is 0.497 e. The van der Waals surface area contributed by atoms with Gasteiger partial charge in [-0.2, -0.15) is 0 Å². The molecule has 0 radical (unpaired) electrons. The summed E-state index contributed by atoms with van der Waals surface area (Å²) in [5.74, 6) is -0.610. The number of primary amides is 1. The Balaban J connectivity index is 1.92. The standard InChI is InChI=1S/C24H19F2N3O4S/c1-32-14-8-13(9-15(10-14)33-2)23(31)29-19-18-16(12-6-4-3-5-7-12)11-17(21(25)26)28-24(18)34-20(19)22(27)30/h3-11,21H,1-2H3,(H2,27,30)(H,29,31). The molecule has 0 saturated heterocycles. The zero-order valence-electron chi connectivity index (χ0n) is 18.1. The fraction of sp³-hybridized carbons (Fsp3) is 0.125. The summed E-state index contributed by atoms with van der Waals surface area (Å²) >= 11 is 0.842. The molecule has 3 N–H and O–H groups in total. The highest BCUT2D eigenvalue weighted by atomic mass is 32.1. The van der Waals surface area contributed by atoms with Crippen LogP contribution in [-0.4, -0.2) is 31.0 Å². The number of hydrogen-bond acceptors (Lipinski definition) is 6. The van der Waals surface area contributed by atoms with E-state index in [9.17, 15) is 18.4 Å². The lowest BCUT2D eigenvalue weighted by Crippen LogP contribution is -2.17. The monoisotopic (exact) mass is 483 g/mol. The van der Waals surface area contributed by atoms with Gasteiger partial charge >= 0.3 is 0 Å². The van der Waals surface area contributed by atoms with E-state index in [1.165, 1.54) is 32.4 Å². The van der Waals surface area contributed by atoms with Gasteiger partial charge in [0.25, 0.3) is 18.2 Å². The van der Waals surface area contributed by atoms with Crippen molar-refractivity contribution in [2.75, 3.05) is 19.5 Å². The lowest BCUT2D eigenvalue weighted by atomic mass is 10.0. The summed E-state index contributed by atoms with van der Waals surface area (Å²) in [7, 11) is 2.90. The minimum atomic E-state index is -2.83. The van der Waals surface area contributed by atoms with E-state index in [2.05, 4.69) is 10.3 Å². The summed E-state index contributed by atoms with van der Waals surface area (Å²) in [5.41, 5.74) is 6.44. The molecule has 7 nitrogen and oxygen atoms in total. The van der Waals surface area contributed by atoms with Gasteiger partial charge in [0.2, 0.25) is 0 Å². The summed E-state index contributed by atoms with van der Waals surface area (Å²) < 4.78 is 37.6. The molecule has 2 aromatic heterocycles. The molecular formula is C24H19F2N3O4S. The van der Waals surface area contributed by atoms with E-state index in [0.29, 0.717) is 28.0 Å². The van der Waals surface area contributed by atoms with Crippen LogP contribution in [0.3, 0.4) is 0 Å². The third-order valence-electron chi connectivity index (χ3n) is 5.07. The molecule has 4 rings (SSSR count). The van der Waals surface area contributed by atoms with Crippen molar-refractivity contribution in [1.82, 2.24) is 4.98 Å². The number of benzene rings is 2. The quantitative estimate of drug-likeness (QED) is 0.373. The molecule has 0 aliphatic carbocycles. The van der Waals surface area contributed by atoms with Crippen LogP contribution in [-0.2, 0) is 0 Å². The van der Waals surface area contributed by atoms with E-state index in [-0.39, 0.29) is 21.0 Å². The van der Waals surface area contributed by atoms with E-state index in [1.54, 1.807) is 36.4 Å². The first-order chi connectivity index (χ1) is 16.3. The Bertz CT molecular complexity index is 1370. The molecule has 0 spiro atoms. The number of alkyl halides is 2. The number of ether oxygens (including phenoxy) is 2. The molecule has 2 aromatic carbocycles. The number of nitrogens with zero attached hydrogens (tertiary/aromatic N) is 1. The van der Waals surface area contributed by atoms with Crippen LogP contribution in [0.25, 0.3) is 21.3 Å². The van der Waals surface area contributed by atoms with Crippen LogP contribution in [0.5, 0.6) is 11.5 Å². The van der Waals surface area contributed by atoms with Gasteiger partial charge in [0.15, 0.2) is 0 Å². The number of hydrogen-bond donors (Lipinski definition) is 2. The van der Waals surface area contributed by atoms with Gasteiger partial charge in [-0.25, -0.2) is 13.8 Å². The van der Waals surface area contributed by atoms with Gasteiger partial charge < -0.3 is 20.5 Å². The highest BCUT2D eigenvalue weighted by molar-refractivity contribution is 7.21. The van der Waals surface area contributed by atoms with Crippen molar-refractivity contribution in [2.24, 2.45) is 5.73 Å². The van der Waals surface area contributed by atoms with Crippen LogP contribution in [0.15, 0.2) is 54.6 Å². The van der Waals surface area contributed by atoms with Crippen LogP contribution >= 0.6 is 11.3 Å². The second-order valence-electron chi connectivity index (χ2n) is 7.17. The van der Waals surface area contributed by atoms with E-state index in [1.807, 2.05) is 0 Å². The van der Waals surface area contributed by atoms with Crippen molar-refractivity contribution < 1.29 is 27.8 Å². The van der Waals surface area contributed by atoms with E-state index >= 15 is 0 Å². The number of nitrogens with two attached hydrogens (primary N) is 1. The van der Waals surface area contributed by atoms with Gasteiger partial charge in [0.1, 0.15) is 26.9 Å². The predicted octanol–water partition coefficient (Wildman–Crippen LogP) is 5.27. The Morgan fingerprint density at radius 2 is 1.68 bits per heavy atom. The third-order valence-corrected chi connectivity index (χ3v) is 6.16. The van der Waals surface area contributed by atoms with Crippen molar-refractivity contribution in [2.45, 2.75) is 6.43 Å². The zero-order valence-corrected chi connectivity index (χ0v) is 18.9. The molecule has 10 heteroatoms. The number of thiophene rings is 1. The fourth-order valence-electron chi connectivity index (χ4n) is 3.49. The molecule has 34 heavy (non-hydrogen) atoms. The summed E-state index contributed by atoms with van der Waals surface area (Å²) in [4.78, 5) is 29.6. The van der Waals surface area contributed by atoms with Gasteiger partial charge in [-0.15, -0.1) is 11.3 Å². The first-order valence-corrected chi connectivity index (χ1v) is 10.8. The topological polar surface area (TPSA) is 104 Å². The number of carbonyl (C=O) groups excluding carboxylic acids is 2. The molecule has 0 aliphatic heterocycles. The number of methoxy groups -OCH3 is 2. The Kier molecular flexibility index (Phi) is 6.42. The second kappa shape index (κ2) is 9.44. The van der Waals surface area contributed by atoms with E-state index in [4.69, 9.17) is 15.2 Å². The van der Waals surface area contributed by atoms with Gasteiger partial charge in [-0.05, 0) is 29.3 Å². The van der Waals surface area contributed by atoms with Gasteiger partial charge in [-0.3, -0.25) is 9.59 Å². The van der Waals surface area contributed by atoms with E-state index < -0.39 is 23.9 Å².